The van der Waals surface area contributed by atoms with Crippen molar-refractivity contribution < 1.29 is 9.90 Å². The Morgan fingerprint density at radius 1 is 1.39 bits per heavy atom. The molecule has 1 aromatic carbocycles. The van der Waals surface area contributed by atoms with Crippen LogP contribution in [0.4, 0.5) is 0 Å². The summed E-state index contributed by atoms with van der Waals surface area (Å²) >= 11 is 0. The van der Waals surface area contributed by atoms with Crippen molar-refractivity contribution in [2.45, 2.75) is 13.0 Å². The Hall–Kier alpha value is -1.39. The number of carboxylic acids is 1. The second kappa shape index (κ2) is 6.52. The summed E-state index contributed by atoms with van der Waals surface area (Å²) in [5.74, 6) is -0.206. The summed E-state index contributed by atoms with van der Waals surface area (Å²) in [5, 5.41) is 11.5. The van der Waals surface area contributed by atoms with Crippen LogP contribution < -0.4 is 5.32 Å². The minimum atomic E-state index is -0.783. The Morgan fingerprint density at radius 3 is 2.89 bits per heavy atom. The van der Waals surface area contributed by atoms with Crippen molar-refractivity contribution in [1.82, 2.24) is 10.2 Å². The van der Waals surface area contributed by atoms with Crippen LogP contribution in [0.5, 0.6) is 0 Å². The van der Waals surface area contributed by atoms with Crippen molar-refractivity contribution in [1.29, 1.82) is 0 Å². The van der Waals surface area contributed by atoms with Gasteiger partial charge in [0.25, 0.3) is 0 Å². The normalized spacial score (nSPS) is 20.1. The molecule has 98 valence electrons. The largest absolute Gasteiger partial charge is 0.480 e. The Balaban J connectivity index is 1.70. The maximum absolute atomic E-state index is 10.4. The molecule has 0 aromatic heterocycles. The molecule has 1 fully saturated rings. The average molecular weight is 248 g/mol. The second-order valence-corrected chi connectivity index (χ2v) is 4.90. The Morgan fingerprint density at radius 2 is 2.17 bits per heavy atom. The van der Waals surface area contributed by atoms with E-state index >= 15 is 0 Å². The number of nitrogens with zero attached hydrogens (tertiary/aromatic N) is 1. The summed E-state index contributed by atoms with van der Waals surface area (Å²) in [6.07, 6.45) is 1.15. The quantitative estimate of drug-likeness (QED) is 0.794. The van der Waals surface area contributed by atoms with Gasteiger partial charge in [0, 0.05) is 13.1 Å². The van der Waals surface area contributed by atoms with Crippen molar-refractivity contribution in [2.75, 3.05) is 26.2 Å². The lowest BCUT2D eigenvalue weighted by Gasteiger charge is -2.16. The van der Waals surface area contributed by atoms with E-state index < -0.39 is 5.97 Å². The van der Waals surface area contributed by atoms with Crippen LogP contribution in [-0.4, -0.2) is 42.2 Å². The molecule has 4 nitrogen and oxygen atoms in total. The van der Waals surface area contributed by atoms with Gasteiger partial charge in [-0.25, -0.2) is 0 Å². The molecule has 0 aliphatic carbocycles. The van der Waals surface area contributed by atoms with E-state index in [2.05, 4.69) is 34.5 Å². The van der Waals surface area contributed by atoms with E-state index in [1.807, 2.05) is 6.07 Å². The number of carboxylic acid groups (broad SMARTS) is 1. The Labute approximate surface area is 108 Å². The number of hydrogen-bond acceptors (Lipinski definition) is 3. The zero-order valence-electron chi connectivity index (χ0n) is 10.5. The maximum Gasteiger partial charge on any atom is 0.317 e. The van der Waals surface area contributed by atoms with Gasteiger partial charge in [0.1, 0.15) is 0 Å². The van der Waals surface area contributed by atoms with Crippen molar-refractivity contribution in [2.24, 2.45) is 5.92 Å². The highest BCUT2D eigenvalue weighted by atomic mass is 16.4. The first-order valence-corrected chi connectivity index (χ1v) is 6.43. The summed E-state index contributed by atoms with van der Waals surface area (Å²) in [6, 6.07) is 10.5. The van der Waals surface area contributed by atoms with Crippen LogP contribution >= 0.6 is 0 Å². The van der Waals surface area contributed by atoms with Crippen LogP contribution in [0.25, 0.3) is 0 Å². The van der Waals surface area contributed by atoms with Gasteiger partial charge >= 0.3 is 5.97 Å². The number of hydrogen-bond donors (Lipinski definition) is 2. The molecule has 0 amide bonds. The monoisotopic (exact) mass is 248 g/mol. The number of carbonyl (C=O) groups is 1. The highest BCUT2D eigenvalue weighted by Crippen LogP contribution is 2.17. The van der Waals surface area contributed by atoms with Gasteiger partial charge in [-0.3, -0.25) is 9.69 Å². The molecular weight excluding hydrogens is 228 g/mol. The van der Waals surface area contributed by atoms with Gasteiger partial charge in [0.2, 0.25) is 0 Å². The highest BCUT2D eigenvalue weighted by Gasteiger charge is 2.21. The van der Waals surface area contributed by atoms with E-state index in [0.717, 1.165) is 32.6 Å². The van der Waals surface area contributed by atoms with E-state index in [0.29, 0.717) is 5.92 Å². The molecular formula is C14H20N2O2. The fraction of sp³-hybridized carbons (Fsp3) is 0.500. The molecule has 1 heterocycles. The molecule has 0 bridgehead atoms. The third-order valence-corrected chi connectivity index (χ3v) is 3.33. The van der Waals surface area contributed by atoms with Crippen LogP contribution in [0.2, 0.25) is 0 Å². The van der Waals surface area contributed by atoms with E-state index in [1.165, 1.54) is 5.56 Å². The maximum atomic E-state index is 10.4. The molecule has 1 unspecified atom stereocenters. The standard InChI is InChI=1S/C14H20N2O2/c17-14(18)9-15-8-13-6-7-16(11-13)10-12-4-2-1-3-5-12/h1-5,13,15H,6-11H2,(H,17,18). The molecule has 1 aromatic rings. The first kappa shape index (κ1) is 13.1. The number of aliphatic carboxylic acids is 1. The average Bonchev–Trinajstić information content (AvgIpc) is 2.78. The third-order valence-electron chi connectivity index (χ3n) is 3.33. The smallest absolute Gasteiger partial charge is 0.317 e. The lowest BCUT2D eigenvalue weighted by Crippen LogP contribution is -2.30. The summed E-state index contributed by atoms with van der Waals surface area (Å²) in [5.41, 5.74) is 1.34. The van der Waals surface area contributed by atoms with Crippen LogP contribution in [0.3, 0.4) is 0 Å². The molecule has 18 heavy (non-hydrogen) atoms. The number of nitrogens with one attached hydrogen (secondary N) is 1. The summed E-state index contributed by atoms with van der Waals surface area (Å²) in [7, 11) is 0. The van der Waals surface area contributed by atoms with E-state index in [-0.39, 0.29) is 6.54 Å². The number of benzene rings is 1. The summed E-state index contributed by atoms with van der Waals surface area (Å²) in [6.45, 7) is 4.03. The Kier molecular flexibility index (Phi) is 4.73. The third kappa shape index (κ3) is 4.13. The van der Waals surface area contributed by atoms with E-state index in [9.17, 15) is 4.79 Å². The van der Waals surface area contributed by atoms with Gasteiger partial charge in [0.15, 0.2) is 0 Å². The van der Waals surface area contributed by atoms with Crippen LogP contribution in [-0.2, 0) is 11.3 Å². The lowest BCUT2D eigenvalue weighted by molar-refractivity contribution is -0.135. The van der Waals surface area contributed by atoms with Crippen molar-refractivity contribution in [3.8, 4) is 0 Å². The van der Waals surface area contributed by atoms with Crippen LogP contribution in [0.15, 0.2) is 30.3 Å². The van der Waals surface area contributed by atoms with Gasteiger partial charge < -0.3 is 10.4 Å². The van der Waals surface area contributed by atoms with Crippen LogP contribution in [0, 0.1) is 5.92 Å². The van der Waals surface area contributed by atoms with E-state index in [1.54, 1.807) is 0 Å². The SMILES string of the molecule is O=C(O)CNCC1CCN(Cc2ccccc2)C1. The van der Waals surface area contributed by atoms with Gasteiger partial charge in [-0.1, -0.05) is 30.3 Å². The molecule has 1 saturated heterocycles. The first-order valence-electron chi connectivity index (χ1n) is 6.43. The topological polar surface area (TPSA) is 52.6 Å². The van der Waals surface area contributed by atoms with Gasteiger partial charge in [-0.2, -0.15) is 0 Å². The molecule has 2 N–H and O–H groups in total. The summed E-state index contributed by atoms with van der Waals surface area (Å²) < 4.78 is 0. The number of likely N-dealkylation sites (tertiary alicyclic amines) is 1. The molecule has 1 aliphatic heterocycles. The van der Waals surface area contributed by atoms with Crippen molar-refractivity contribution in [3.05, 3.63) is 35.9 Å². The van der Waals surface area contributed by atoms with Crippen molar-refractivity contribution >= 4 is 5.97 Å². The molecule has 4 heteroatoms. The zero-order valence-corrected chi connectivity index (χ0v) is 10.5. The predicted molar refractivity (Wildman–Crippen MR) is 70.3 cm³/mol. The van der Waals surface area contributed by atoms with Gasteiger partial charge in [-0.05, 0) is 31.0 Å². The fourth-order valence-electron chi connectivity index (χ4n) is 2.45. The zero-order chi connectivity index (χ0) is 12.8. The van der Waals surface area contributed by atoms with Gasteiger partial charge in [-0.15, -0.1) is 0 Å². The molecule has 0 radical (unpaired) electrons. The molecule has 1 atom stereocenters. The Bertz CT molecular complexity index is 381. The van der Waals surface area contributed by atoms with Crippen LogP contribution in [0.1, 0.15) is 12.0 Å². The minimum Gasteiger partial charge on any atom is -0.480 e. The molecule has 1 aliphatic rings. The fourth-order valence-corrected chi connectivity index (χ4v) is 2.45. The van der Waals surface area contributed by atoms with Gasteiger partial charge in [0.05, 0.1) is 6.54 Å². The minimum absolute atomic E-state index is 0.0647. The molecule has 2 rings (SSSR count). The predicted octanol–water partition coefficient (Wildman–Crippen LogP) is 1.18. The summed E-state index contributed by atoms with van der Waals surface area (Å²) in [4.78, 5) is 12.8. The van der Waals surface area contributed by atoms with Crippen molar-refractivity contribution in [3.63, 3.8) is 0 Å². The molecule has 0 spiro atoms. The highest BCUT2D eigenvalue weighted by molar-refractivity contribution is 5.68. The molecule has 0 saturated carbocycles. The van der Waals surface area contributed by atoms with E-state index in [4.69, 9.17) is 5.11 Å². The first-order chi connectivity index (χ1) is 8.74. The lowest BCUT2D eigenvalue weighted by atomic mass is 10.1. The number of rotatable bonds is 6. The second-order valence-electron chi connectivity index (χ2n) is 4.90.